The molecular weight excluding hydrogens is 294 g/mol. The molecule has 0 aliphatic rings. The van der Waals surface area contributed by atoms with Crippen molar-refractivity contribution < 1.29 is 4.79 Å². The molecule has 100 valence electrons. The van der Waals surface area contributed by atoms with Gasteiger partial charge in [0.2, 0.25) is 5.91 Å². The van der Waals surface area contributed by atoms with Crippen molar-refractivity contribution in [3.8, 4) is 0 Å². The normalized spacial score (nSPS) is 10.4. The van der Waals surface area contributed by atoms with E-state index >= 15 is 0 Å². The summed E-state index contributed by atoms with van der Waals surface area (Å²) in [4.78, 5) is 17.8. The Balaban J connectivity index is 2.22. The Hall–Kier alpha value is -0.940. The molecule has 0 aliphatic carbocycles. The Morgan fingerprint density at radius 1 is 1.39 bits per heavy atom. The highest BCUT2D eigenvalue weighted by molar-refractivity contribution is 9.10. The molecule has 0 bridgehead atoms. The number of pyridine rings is 1. The fourth-order valence-electron chi connectivity index (χ4n) is 1.66. The number of hydrogen-bond donors (Lipinski definition) is 1. The number of nitrogens with zero attached hydrogens (tertiary/aromatic N) is 2. The average molecular weight is 314 g/mol. The van der Waals surface area contributed by atoms with E-state index in [0.29, 0.717) is 19.5 Å². The van der Waals surface area contributed by atoms with E-state index in [-0.39, 0.29) is 5.91 Å². The monoisotopic (exact) mass is 313 g/mol. The van der Waals surface area contributed by atoms with Crippen LogP contribution in [0, 0.1) is 0 Å². The molecule has 1 aromatic heterocycles. The number of halogens is 1. The van der Waals surface area contributed by atoms with Crippen LogP contribution in [0.3, 0.4) is 0 Å². The van der Waals surface area contributed by atoms with Crippen LogP contribution in [0.4, 0.5) is 0 Å². The minimum absolute atomic E-state index is 0.205. The van der Waals surface area contributed by atoms with Gasteiger partial charge in [-0.2, -0.15) is 0 Å². The first-order chi connectivity index (χ1) is 8.67. The second-order valence-corrected chi connectivity index (χ2v) is 4.88. The summed E-state index contributed by atoms with van der Waals surface area (Å²) in [6, 6.07) is 3.92. The van der Waals surface area contributed by atoms with Gasteiger partial charge in [0, 0.05) is 43.3 Å². The third-order valence-corrected chi connectivity index (χ3v) is 3.20. The molecule has 0 atom stereocenters. The number of nitrogens with one attached hydrogen (secondary N) is 1. The molecular formula is C13H20BrN3O. The third kappa shape index (κ3) is 5.14. The van der Waals surface area contributed by atoms with Crippen molar-refractivity contribution in [2.24, 2.45) is 0 Å². The van der Waals surface area contributed by atoms with Crippen molar-refractivity contribution in [1.82, 2.24) is 15.2 Å². The van der Waals surface area contributed by atoms with Gasteiger partial charge in [-0.15, -0.1) is 0 Å². The minimum atomic E-state index is 0.205. The maximum atomic E-state index is 11.7. The van der Waals surface area contributed by atoms with Gasteiger partial charge in [0.05, 0.1) is 5.69 Å². The highest BCUT2D eigenvalue weighted by Crippen LogP contribution is 2.07. The number of carbonyl (C=O) groups excluding carboxylic acids is 1. The molecule has 0 saturated carbocycles. The summed E-state index contributed by atoms with van der Waals surface area (Å²) >= 11 is 3.35. The van der Waals surface area contributed by atoms with Gasteiger partial charge in [-0.25, -0.2) is 0 Å². The first-order valence-corrected chi connectivity index (χ1v) is 7.05. The van der Waals surface area contributed by atoms with E-state index in [1.165, 1.54) is 0 Å². The van der Waals surface area contributed by atoms with Crippen LogP contribution in [0.15, 0.2) is 22.8 Å². The lowest BCUT2D eigenvalue weighted by Gasteiger charge is -2.18. The van der Waals surface area contributed by atoms with Gasteiger partial charge in [0.25, 0.3) is 0 Å². The summed E-state index contributed by atoms with van der Waals surface area (Å²) in [5.41, 5.74) is 0.980. The topological polar surface area (TPSA) is 45.2 Å². The molecule has 18 heavy (non-hydrogen) atoms. The van der Waals surface area contributed by atoms with Crippen LogP contribution < -0.4 is 5.32 Å². The van der Waals surface area contributed by atoms with E-state index in [1.54, 1.807) is 6.20 Å². The third-order valence-electron chi connectivity index (χ3n) is 2.73. The Morgan fingerprint density at radius 3 is 2.67 bits per heavy atom. The molecule has 1 N–H and O–H groups in total. The van der Waals surface area contributed by atoms with Gasteiger partial charge in [0.1, 0.15) is 0 Å². The summed E-state index contributed by atoms with van der Waals surface area (Å²) in [5, 5.41) is 3.23. The molecule has 5 heteroatoms. The summed E-state index contributed by atoms with van der Waals surface area (Å²) in [6.45, 7) is 6.94. The average Bonchev–Trinajstić information content (AvgIpc) is 2.38. The minimum Gasteiger partial charge on any atom is -0.343 e. The fraction of sp³-hybridized carbons (Fsp3) is 0.538. The van der Waals surface area contributed by atoms with Crippen molar-refractivity contribution in [3.63, 3.8) is 0 Å². The molecule has 0 saturated heterocycles. The SMILES string of the molecule is CCN(CC)C(=O)CCNCc1ccc(Br)cn1. The molecule has 0 fully saturated rings. The Labute approximate surface area is 117 Å². The molecule has 0 radical (unpaired) electrons. The highest BCUT2D eigenvalue weighted by atomic mass is 79.9. The van der Waals surface area contributed by atoms with Gasteiger partial charge in [-0.05, 0) is 41.9 Å². The fourth-order valence-corrected chi connectivity index (χ4v) is 1.89. The van der Waals surface area contributed by atoms with E-state index in [1.807, 2.05) is 30.9 Å². The zero-order chi connectivity index (χ0) is 13.4. The Bertz CT molecular complexity index is 363. The molecule has 1 amide bonds. The Morgan fingerprint density at radius 2 is 2.11 bits per heavy atom. The maximum Gasteiger partial charge on any atom is 0.223 e. The van der Waals surface area contributed by atoms with Crippen molar-refractivity contribution in [3.05, 3.63) is 28.5 Å². The van der Waals surface area contributed by atoms with Crippen LogP contribution in [0.2, 0.25) is 0 Å². The van der Waals surface area contributed by atoms with Gasteiger partial charge < -0.3 is 10.2 Å². The first-order valence-electron chi connectivity index (χ1n) is 6.26. The van der Waals surface area contributed by atoms with Crippen LogP contribution in [-0.4, -0.2) is 35.4 Å². The number of carbonyl (C=O) groups is 1. The largest absolute Gasteiger partial charge is 0.343 e. The molecule has 0 unspecified atom stereocenters. The lowest BCUT2D eigenvalue weighted by Crippen LogP contribution is -2.32. The van der Waals surface area contributed by atoms with Crippen molar-refractivity contribution >= 4 is 21.8 Å². The van der Waals surface area contributed by atoms with Crippen LogP contribution >= 0.6 is 15.9 Å². The standard InChI is InChI=1S/C13H20BrN3O/c1-3-17(4-2)13(18)7-8-15-10-12-6-5-11(14)9-16-12/h5-6,9,15H,3-4,7-8,10H2,1-2H3. The second kappa shape index (κ2) is 8.21. The lowest BCUT2D eigenvalue weighted by atomic mass is 10.3. The van der Waals surface area contributed by atoms with Crippen LogP contribution in [-0.2, 0) is 11.3 Å². The van der Waals surface area contributed by atoms with E-state index in [0.717, 1.165) is 23.3 Å². The number of hydrogen-bond acceptors (Lipinski definition) is 3. The number of rotatable bonds is 7. The molecule has 0 aromatic carbocycles. The Kier molecular flexibility index (Phi) is 6.90. The summed E-state index contributed by atoms with van der Waals surface area (Å²) in [5.74, 6) is 0.205. The van der Waals surface area contributed by atoms with Crippen molar-refractivity contribution in [1.29, 1.82) is 0 Å². The van der Waals surface area contributed by atoms with Gasteiger partial charge in [-0.3, -0.25) is 9.78 Å². The second-order valence-electron chi connectivity index (χ2n) is 3.96. The van der Waals surface area contributed by atoms with E-state index in [9.17, 15) is 4.79 Å². The molecule has 0 aliphatic heterocycles. The molecule has 4 nitrogen and oxygen atoms in total. The van der Waals surface area contributed by atoms with Gasteiger partial charge >= 0.3 is 0 Å². The van der Waals surface area contributed by atoms with Crippen LogP contribution in [0.25, 0.3) is 0 Å². The summed E-state index contributed by atoms with van der Waals surface area (Å²) in [6.07, 6.45) is 2.32. The van der Waals surface area contributed by atoms with Crippen molar-refractivity contribution in [2.75, 3.05) is 19.6 Å². The van der Waals surface area contributed by atoms with Gasteiger partial charge in [-0.1, -0.05) is 0 Å². The zero-order valence-corrected chi connectivity index (χ0v) is 12.5. The smallest absolute Gasteiger partial charge is 0.223 e. The van der Waals surface area contributed by atoms with E-state index in [2.05, 4.69) is 26.2 Å². The van der Waals surface area contributed by atoms with Crippen LogP contribution in [0.1, 0.15) is 26.0 Å². The van der Waals surface area contributed by atoms with Gasteiger partial charge in [0.15, 0.2) is 0 Å². The van der Waals surface area contributed by atoms with E-state index < -0.39 is 0 Å². The predicted octanol–water partition coefficient (Wildman–Crippen LogP) is 2.19. The molecule has 0 spiro atoms. The van der Waals surface area contributed by atoms with Crippen LogP contribution in [0.5, 0.6) is 0 Å². The molecule has 1 aromatic rings. The summed E-state index contributed by atoms with van der Waals surface area (Å²) < 4.78 is 0.975. The number of amides is 1. The maximum absolute atomic E-state index is 11.7. The first kappa shape index (κ1) is 15.1. The summed E-state index contributed by atoms with van der Waals surface area (Å²) in [7, 11) is 0. The number of aromatic nitrogens is 1. The van der Waals surface area contributed by atoms with E-state index in [4.69, 9.17) is 0 Å². The highest BCUT2D eigenvalue weighted by Gasteiger charge is 2.08. The molecule has 1 rings (SSSR count). The van der Waals surface area contributed by atoms with Crippen molar-refractivity contribution in [2.45, 2.75) is 26.8 Å². The molecule has 1 heterocycles. The lowest BCUT2D eigenvalue weighted by molar-refractivity contribution is -0.130. The quantitative estimate of drug-likeness (QED) is 0.785. The zero-order valence-electron chi connectivity index (χ0n) is 10.9. The predicted molar refractivity (Wildman–Crippen MR) is 76.2 cm³/mol.